The van der Waals surface area contributed by atoms with Gasteiger partial charge < -0.3 is 19.1 Å². The molecular formula is C19H28N2O4. The molecule has 2 aliphatic heterocycles. The third-order valence-electron chi connectivity index (χ3n) is 5.32. The average Bonchev–Trinajstić information content (AvgIpc) is 2.66. The standard InChI is InChI=1S/C19H28N2O4/c1-5-20(6-2)19(22)18-11-21-8-7-13-9-16(23-3)17(24-4)10-14(13)15(21)12-25-18/h9-10,15,18H,5-8,11-12H2,1-4H3/t15-,18-/m1/s1. The molecule has 3 rings (SSSR count). The lowest BCUT2D eigenvalue weighted by Crippen LogP contribution is -2.53. The van der Waals surface area contributed by atoms with Crippen LogP contribution in [0.1, 0.15) is 31.0 Å². The van der Waals surface area contributed by atoms with E-state index in [9.17, 15) is 4.79 Å². The number of rotatable bonds is 5. The summed E-state index contributed by atoms with van der Waals surface area (Å²) in [6.45, 7) is 7.55. The highest BCUT2D eigenvalue weighted by molar-refractivity contribution is 5.81. The Morgan fingerprint density at radius 2 is 1.92 bits per heavy atom. The van der Waals surface area contributed by atoms with Crippen molar-refractivity contribution in [1.29, 1.82) is 0 Å². The molecule has 0 spiro atoms. The molecule has 2 atom stereocenters. The summed E-state index contributed by atoms with van der Waals surface area (Å²) in [6.07, 6.45) is 0.580. The zero-order valence-corrected chi connectivity index (χ0v) is 15.6. The molecule has 2 heterocycles. The molecule has 1 saturated heterocycles. The molecule has 6 heteroatoms. The lowest BCUT2D eigenvalue weighted by atomic mass is 9.91. The molecule has 138 valence electrons. The van der Waals surface area contributed by atoms with Crippen LogP contribution in [0.5, 0.6) is 11.5 Å². The zero-order chi connectivity index (χ0) is 18.0. The largest absolute Gasteiger partial charge is 0.493 e. The summed E-state index contributed by atoms with van der Waals surface area (Å²) < 4.78 is 16.9. The van der Waals surface area contributed by atoms with E-state index in [1.165, 1.54) is 11.1 Å². The molecule has 1 aromatic rings. The fraction of sp³-hybridized carbons (Fsp3) is 0.632. The number of ether oxygens (including phenoxy) is 3. The van der Waals surface area contributed by atoms with Gasteiger partial charge >= 0.3 is 0 Å². The Kier molecular flexibility index (Phi) is 5.49. The molecule has 6 nitrogen and oxygen atoms in total. The highest BCUT2D eigenvalue weighted by Crippen LogP contribution is 2.39. The normalized spacial score (nSPS) is 22.7. The van der Waals surface area contributed by atoms with Gasteiger partial charge in [-0.1, -0.05) is 0 Å². The Morgan fingerprint density at radius 1 is 1.24 bits per heavy atom. The number of carbonyl (C=O) groups is 1. The summed E-state index contributed by atoms with van der Waals surface area (Å²) in [4.78, 5) is 16.8. The van der Waals surface area contributed by atoms with Gasteiger partial charge in [-0.15, -0.1) is 0 Å². The molecule has 2 aliphatic rings. The van der Waals surface area contributed by atoms with Gasteiger partial charge in [0.2, 0.25) is 0 Å². The SMILES string of the molecule is CCN(CC)C(=O)[C@H]1CN2CCc3cc(OC)c(OC)cc3[C@H]2CO1. The maximum absolute atomic E-state index is 12.6. The van der Waals surface area contributed by atoms with Crippen LogP contribution in [0.25, 0.3) is 0 Å². The number of methoxy groups -OCH3 is 2. The Bertz CT molecular complexity index is 630. The van der Waals surface area contributed by atoms with Gasteiger partial charge in [0.15, 0.2) is 11.5 Å². The summed E-state index contributed by atoms with van der Waals surface area (Å²) in [7, 11) is 3.31. The minimum atomic E-state index is -0.363. The molecule has 0 bridgehead atoms. The monoisotopic (exact) mass is 348 g/mol. The lowest BCUT2D eigenvalue weighted by Gasteiger charge is -2.43. The van der Waals surface area contributed by atoms with Crippen molar-refractivity contribution in [3.8, 4) is 11.5 Å². The summed E-state index contributed by atoms with van der Waals surface area (Å²) in [5.41, 5.74) is 2.49. The number of amides is 1. The van der Waals surface area contributed by atoms with Crippen molar-refractivity contribution >= 4 is 5.91 Å². The van der Waals surface area contributed by atoms with Crippen molar-refractivity contribution in [1.82, 2.24) is 9.80 Å². The van der Waals surface area contributed by atoms with E-state index in [4.69, 9.17) is 14.2 Å². The van der Waals surface area contributed by atoms with Crippen LogP contribution in [0.3, 0.4) is 0 Å². The number of hydrogen-bond acceptors (Lipinski definition) is 5. The number of likely N-dealkylation sites (N-methyl/N-ethyl adjacent to an activating group) is 1. The molecule has 1 amide bonds. The summed E-state index contributed by atoms with van der Waals surface area (Å²) >= 11 is 0. The molecule has 0 radical (unpaired) electrons. The van der Waals surface area contributed by atoms with Crippen LogP contribution in [0.2, 0.25) is 0 Å². The van der Waals surface area contributed by atoms with Gasteiger partial charge in [-0.3, -0.25) is 9.69 Å². The summed E-state index contributed by atoms with van der Waals surface area (Å²) in [5.74, 6) is 1.60. The molecule has 0 N–H and O–H groups in total. The molecular weight excluding hydrogens is 320 g/mol. The number of morpholine rings is 1. The van der Waals surface area contributed by atoms with Crippen LogP contribution in [0, 0.1) is 0 Å². The van der Waals surface area contributed by atoms with Crippen LogP contribution in [0.4, 0.5) is 0 Å². The van der Waals surface area contributed by atoms with Gasteiger partial charge in [0.1, 0.15) is 6.10 Å². The van der Waals surface area contributed by atoms with E-state index in [1.807, 2.05) is 18.7 Å². The van der Waals surface area contributed by atoms with Crippen molar-refractivity contribution in [3.05, 3.63) is 23.3 Å². The Balaban J connectivity index is 1.79. The van der Waals surface area contributed by atoms with Crippen molar-refractivity contribution in [3.63, 3.8) is 0 Å². The second-order valence-electron chi connectivity index (χ2n) is 6.50. The molecule has 0 aliphatic carbocycles. The minimum Gasteiger partial charge on any atom is -0.493 e. The Labute approximate surface area is 149 Å². The second-order valence-corrected chi connectivity index (χ2v) is 6.50. The summed E-state index contributed by atoms with van der Waals surface area (Å²) in [6, 6.07) is 4.30. The Morgan fingerprint density at radius 3 is 2.56 bits per heavy atom. The van der Waals surface area contributed by atoms with E-state index < -0.39 is 0 Å². The topological polar surface area (TPSA) is 51.2 Å². The number of benzene rings is 1. The van der Waals surface area contributed by atoms with E-state index in [1.54, 1.807) is 14.2 Å². The first-order valence-electron chi connectivity index (χ1n) is 9.02. The van der Waals surface area contributed by atoms with Crippen LogP contribution in [-0.2, 0) is 16.0 Å². The first-order chi connectivity index (χ1) is 12.1. The first kappa shape index (κ1) is 18.0. The van der Waals surface area contributed by atoms with Crippen LogP contribution in [0.15, 0.2) is 12.1 Å². The highest BCUT2D eigenvalue weighted by Gasteiger charge is 2.38. The Hall–Kier alpha value is -1.79. The van der Waals surface area contributed by atoms with E-state index in [0.29, 0.717) is 13.2 Å². The maximum Gasteiger partial charge on any atom is 0.253 e. The third kappa shape index (κ3) is 3.33. The van der Waals surface area contributed by atoms with Crippen molar-refractivity contribution in [2.24, 2.45) is 0 Å². The van der Waals surface area contributed by atoms with E-state index in [2.05, 4.69) is 17.0 Å². The second kappa shape index (κ2) is 7.62. The van der Waals surface area contributed by atoms with Gasteiger partial charge in [0.05, 0.1) is 26.9 Å². The van der Waals surface area contributed by atoms with Gasteiger partial charge in [-0.2, -0.15) is 0 Å². The van der Waals surface area contributed by atoms with Crippen LogP contribution >= 0.6 is 0 Å². The number of carbonyl (C=O) groups excluding carboxylic acids is 1. The predicted molar refractivity (Wildman–Crippen MR) is 95.2 cm³/mol. The number of nitrogens with zero attached hydrogens (tertiary/aromatic N) is 2. The molecule has 0 unspecified atom stereocenters. The molecule has 1 aromatic carbocycles. The van der Waals surface area contributed by atoms with Gasteiger partial charge in [0, 0.05) is 26.2 Å². The first-order valence-corrected chi connectivity index (χ1v) is 9.02. The van der Waals surface area contributed by atoms with Crippen molar-refractivity contribution in [2.45, 2.75) is 32.4 Å². The van der Waals surface area contributed by atoms with E-state index in [-0.39, 0.29) is 18.1 Å². The van der Waals surface area contributed by atoms with Crippen molar-refractivity contribution < 1.29 is 19.0 Å². The van der Waals surface area contributed by atoms with Crippen LogP contribution < -0.4 is 9.47 Å². The molecule has 0 saturated carbocycles. The smallest absolute Gasteiger partial charge is 0.253 e. The van der Waals surface area contributed by atoms with Crippen molar-refractivity contribution in [2.75, 3.05) is 47.0 Å². The zero-order valence-electron chi connectivity index (χ0n) is 15.6. The van der Waals surface area contributed by atoms with Gasteiger partial charge in [0.25, 0.3) is 5.91 Å². The highest BCUT2D eigenvalue weighted by atomic mass is 16.5. The fourth-order valence-electron chi connectivity index (χ4n) is 3.86. The van der Waals surface area contributed by atoms with Crippen LogP contribution in [-0.4, -0.2) is 68.8 Å². The number of fused-ring (bicyclic) bond motifs is 3. The quantitative estimate of drug-likeness (QED) is 0.813. The van der Waals surface area contributed by atoms with E-state index >= 15 is 0 Å². The molecule has 1 fully saturated rings. The molecule has 25 heavy (non-hydrogen) atoms. The van der Waals surface area contributed by atoms with Gasteiger partial charge in [-0.25, -0.2) is 0 Å². The number of hydrogen-bond donors (Lipinski definition) is 0. The van der Waals surface area contributed by atoms with Gasteiger partial charge in [-0.05, 0) is 43.5 Å². The molecule has 0 aromatic heterocycles. The summed E-state index contributed by atoms with van der Waals surface area (Å²) in [5, 5.41) is 0. The minimum absolute atomic E-state index is 0.0987. The third-order valence-corrected chi connectivity index (χ3v) is 5.32. The van der Waals surface area contributed by atoms with E-state index in [0.717, 1.165) is 37.6 Å². The fourth-order valence-corrected chi connectivity index (χ4v) is 3.86. The predicted octanol–water partition coefficient (Wildman–Crippen LogP) is 1.87. The lowest BCUT2D eigenvalue weighted by molar-refractivity contribution is -0.153. The average molecular weight is 348 g/mol. The maximum atomic E-state index is 12.6.